The van der Waals surface area contributed by atoms with E-state index < -0.39 is 26.1 Å². The van der Waals surface area contributed by atoms with Gasteiger partial charge in [0.1, 0.15) is 11.8 Å². The lowest BCUT2D eigenvalue weighted by molar-refractivity contribution is -0.148. The highest BCUT2D eigenvalue weighted by Gasteiger charge is 2.30. The zero-order valence-corrected chi connectivity index (χ0v) is 24.0. The van der Waals surface area contributed by atoms with Crippen LogP contribution in [0.2, 0.25) is 0 Å². The molecule has 0 spiro atoms. The van der Waals surface area contributed by atoms with Gasteiger partial charge in [0.25, 0.3) is 0 Å². The van der Waals surface area contributed by atoms with Crippen LogP contribution in [0.1, 0.15) is 45.2 Å². The Hall–Kier alpha value is -2.54. The van der Waals surface area contributed by atoms with Crippen molar-refractivity contribution in [1.29, 1.82) is 0 Å². The zero-order valence-electron chi connectivity index (χ0n) is 23.1. The molecular weight excluding hydrogens is 499 g/mol. The Bertz CT molecular complexity index is 1180. The Kier molecular flexibility index (Phi) is 10.7. The fourth-order valence-corrected chi connectivity index (χ4v) is 4.92. The van der Waals surface area contributed by atoms with E-state index in [1.54, 1.807) is 6.92 Å². The number of aliphatic hydroxyl groups is 1. The normalized spacial score (nSPS) is 15.0. The molecule has 3 aromatic rings. The topological polar surface area (TPSA) is 103 Å². The summed E-state index contributed by atoms with van der Waals surface area (Å²) in [6.45, 7) is 9.87. The molecule has 38 heavy (non-hydrogen) atoms. The number of fused-ring (bicyclic) bond motifs is 1. The zero-order chi connectivity index (χ0) is 27.8. The van der Waals surface area contributed by atoms with Gasteiger partial charge in [0, 0.05) is 5.39 Å². The largest absolute Gasteiger partial charge is 0.464 e. The van der Waals surface area contributed by atoms with E-state index in [0.717, 1.165) is 16.3 Å². The lowest BCUT2D eigenvalue weighted by atomic mass is 9.94. The number of carbonyl (C=O) groups is 1. The molecule has 0 saturated carbocycles. The number of hydrogen-bond donors (Lipinski definition) is 3. The Morgan fingerprint density at radius 2 is 1.71 bits per heavy atom. The average Bonchev–Trinajstić information content (AvgIpc) is 2.89. The van der Waals surface area contributed by atoms with Gasteiger partial charge in [-0.05, 0) is 49.1 Å². The number of nitrogens with two attached hydrogens (primary N) is 1. The van der Waals surface area contributed by atoms with Crippen LogP contribution in [0.15, 0.2) is 66.7 Å². The first-order chi connectivity index (χ1) is 18.0. The van der Waals surface area contributed by atoms with Crippen LogP contribution in [-0.2, 0) is 20.5 Å². The van der Waals surface area contributed by atoms with Crippen LogP contribution >= 0.6 is 8.53 Å². The number of aliphatic hydroxyl groups excluding tert-OH is 1. The summed E-state index contributed by atoms with van der Waals surface area (Å²) in [5.41, 5.74) is 7.76. The number of nitrogens with one attached hydrogen (secondary N) is 1. The summed E-state index contributed by atoms with van der Waals surface area (Å²) in [6, 6.07) is 21.3. The van der Waals surface area contributed by atoms with Crippen LogP contribution in [0.25, 0.3) is 10.8 Å². The van der Waals surface area contributed by atoms with Gasteiger partial charge in [0.05, 0.1) is 25.4 Å². The quantitative estimate of drug-likeness (QED) is 0.190. The minimum absolute atomic E-state index is 0.0442. The molecule has 0 saturated heterocycles. The van der Waals surface area contributed by atoms with Crippen molar-refractivity contribution in [2.75, 3.05) is 19.8 Å². The third-order valence-electron chi connectivity index (χ3n) is 6.05. The summed E-state index contributed by atoms with van der Waals surface area (Å²) in [5, 5.41) is 15.2. The van der Waals surface area contributed by atoms with Gasteiger partial charge in [0.15, 0.2) is 0 Å². The number of esters is 1. The first-order valence-corrected chi connectivity index (χ1v) is 14.1. The van der Waals surface area contributed by atoms with Crippen molar-refractivity contribution in [3.8, 4) is 5.75 Å². The van der Waals surface area contributed by atoms with Crippen molar-refractivity contribution < 1.29 is 23.7 Å². The second kappa shape index (κ2) is 13.5. The van der Waals surface area contributed by atoms with E-state index in [2.05, 4.69) is 29.4 Å². The highest BCUT2D eigenvalue weighted by Crippen LogP contribution is 2.40. The maximum atomic E-state index is 12.7. The molecule has 0 aliphatic carbocycles. The predicted octanol–water partition coefficient (Wildman–Crippen LogP) is 5.66. The van der Waals surface area contributed by atoms with Crippen LogP contribution < -0.4 is 15.3 Å². The van der Waals surface area contributed by atoms with Gasteiger partial charge < -0.3 is 24.6 Å². The number of aryl methyl sites for hydroxylation is 2. The fourth-order valence-electron chi connectivity index (χ4n) is 3.61. The second-order valence-electron chi connectivity index (χ2n) is 11.1. The summed E-state index contributed by atoms with van der Waals surface area (Å²) >= 11 is 0. The van der Waals surface area contributed by atoms with Crippen LogP contribution in [0.4, 0.5) is 0 Å². The van der Waals surface area contributed by atoms with Gasteiger partial charge in [-0.2, -0.15) is 0 Å². The third-order valence-corrected chi connectivity index (χ3v) is 7.37. The maximum absolute atomic E-state index is 12.7. The predicted molar refractivity (Wildman–Crippen MR) is 154 cm³/mol. The first kappa shape index (κ1) is 30.0. The number of hydrogen-bond acceptors (Lipinski definition) is 7. The molecule has 0 aromatic heterocycles. The van der Waals surface area contributed by atoms with Gasteiger partial charge in [-0.3, -0.25) is 4.79 Å². The molecule has 0 radical (unpaired) electrons. The van der Waals surface area contributed by atoms with E-state index in [0.29, 0.717) is 25.2 Å². The minimum Gasteiger partial charge on any atom is -0.464 e. The lowest BCUT2D eigenvalue weighted by Gasteiger charge is -2.30. The van der Waals surface area contributed by atoms with Crippen molar-refractivity contribution in [3.63, 3.8) is 0 Å². The lowest BCUT2D eigenvalue weighted by Crippen LogP contribution is -2.48. The molecule has 3 unspecified atom stereocenters. The second-order valence-corrected chi connectivity index (χ2v) is 12.3. The summed E-state index contributed by atoms with van der Waals surface area (Å²) < 4.78 is 17.9. The molecule has 0 amide bonds. The average molecular weight is 541 g/mol. The van der Waals surface area contributed by atoms with E-state index in [9.17, 15) is 9.90 Å². The molecule has 4 N–H and O–H groups in total. The number of rotatable bonds is 13. The third kappa shape index (κ3) is 9.33. The number of benzene rings is 3. The van der Waals surface area contributed by atoms with Gasteiger partial charge in [-0.15, -0.1) is 0 Å². The fraction of sp³-hybridized carbons (Fsp3) is 0.433. The number of ether oxygens (including phenoxy) is 1. The van der Waals surface area contributed by atoms with Gasteiger partial charge in [-0.25, -0.2) is 5.09 Å². The standard InChI is InChI=1S/C30H41N2O5P/c1-22-13-15-24(16-14-22)17-18-30(31,19-33)21-36-38(32-23(2)28(34)35-20-29(3,4)5)37-27-12-8-10-25-9-6-7-11-26(25)27/h6-16,23,32-33H,17-21,31H2,1-5H3. The first-order valence-electron chi connectivity index (χ1n) is 12.9. The monoisotopic (exact) mass is 540 g/mol. The Morgan fingerprint density at radius 3 is 2.39 bits per heavy atom. The summed E-state index contributed by atoms with van der Waals surface area (Å²) in [6.07, 6.45) is 1.22. The van der Waals surface area contributed by atoms with Crippen molar-refractivity contribution in [2.45, 2.75) is 59.0 Å². The van der Waals surface area contributed by atoms with Crippen LogP contribution in [0.5, 0.6) is 5.75 Å². The smallest absolute Gasteiger partial charge is 0.323 e. The molecular formula is C30H41N2O5P. The number of carbonyl (C=O) groups excluding carboxylic acids is 1. The molecule has 3 aromatic carbocycles. The Morgan fingerprint density at radius 1 is 1.03 bits per heavy atom. The Balaban J connectivity index is 1.73. The summed E-state index contributed by atoms with van der Waals surface area (Å²) in [5.74, 6) is 0.237. The maximum Gasteiger partial charge on any atom is 0.323 e. The molecule has 7 nitrogen and oxygen atoms in total. The molecule has 0 aliphatic heterocycles. The molecule has 0 heterocycles. The van der Waals surface area contributed by atoms with Crippen molar-refractivity contribution in [2.24, 2.45) is 11.1 Å². The molecule has 0 bridgehead atoms. The van der Waals surface area contributed by atoms with Crippen LogP contribution in [0.3, 0.4) is 0 Å². The molecule has 0 fully saturated rings. The molecule has 3 atom stereocenters. The molecule has 0 aliphatic rings. The summed E-state index contributed by atoms with van der Waals surface area (Å²) in [7, 11) is -1.80. The van der Waals surface area contributed by atoms with Gasteiger partial charge >= 0.3 is 14.5 Å². The SMILES string of the molecule is Cc1ccc(CCC(N)(CO)COP(NC(C)C(=O)OCC(C)(C)C)Oc2cccc3ccccc23)cc1. The van der Waals surface area contributed by atoms with E-state index in [1.807, 2.05) is 70.2 Å². The summed E-state index contributed by atoms with van der Waals surface area (Å²) in [4.78, 5) is 12.7. The van der Waals surface area contributed by atoms with Crippen molar-refractivity contribution >= 4 is 25.3 Å². The molecule has 8 heteroatoms. The van der Waals surface area contributed by atoms with Crippen molar-refractivity contribution in [1.82, 2.24) is 5.09 Å². The van der Waals surface area contributed by atoms with E-state index in [1.165, 1.54) is 5.56 Å². The van der Waals surface area contributed by atoms with Crippen molar-refractivity contribution in [3.05, 3.63) is 77.9 Å². The molecule has 206 valence electrons. The van der Waals surface area contributed by atoms with Gasteiger partial charge in [-0.1, -0.05) is 87.0 Å². The van der Waals surface area contributed by atoms with E-state index >= 15 is 0 Å². The Labute approximate surface area is 227 Å². The van der Waals surface area contributed by atoms with E-state index in [4.69, 9.17) is 19.5 Å². The van der Waals surface area contributed by atoms with Gasteiger partial charge in [0.2, 0.25) is 0 Å². The molecule has 3 rings (SSSR count). The van der Waals surface area contributed by atoms with Crippen LogP contribution in [0, 0.1) is 12.3 Å². The van der Waals surface area contributed by atoms with E-state index in [-0.39, 0.29) is 18.6 Å². The highest BCUT2D eigenvalue weighted by molar-refractivity contribution is 7.45. The van der Waals surface area contributed by atoms with Crippen LogP contribution in [-0.4, -0.2) is 42.5 Å². The minimum atomic E-state index is -1.80. The highest BCUT2D eigenvalue weighted by atomic mass is 31.2.